The van der Waals surface area contributed by atoms with Gasteiger partial charge in [-0.1, -0.05) is 73.5 Å². The fourth-order valence-electron chi connectivity index (χ4n) is 3.74. The zero-order chi connectivity index (χ0) is 29.0. The van der Waals surface area contributed by atoms with Crippen LogP contribution in [-0.2, 0) is 42.9 Å². The molecule has 0 aromatic carbocycles. The number of ether oxygens (including phenoxy) is 5. The molecule has 226 valence electrons. The Morgan fingerprint density at radius 3 is 1.69 bits per heavy atom. The quantitative estimate of drug-likeness (QED) is 0.0644. The predicted octanol–water partition coefficient (Wildman–Crippen LogP) is 0.347. The molecule has 0 amide bonds. The van der Waals surface area contributed by atoms with Crippen LogP contribution in [0, 0.1) is 0 Å². The molecule has 1 heterocycles. The first kappa shape index (κ1) is 35.4. The Kier molecular flexibility index (Phi) is 19.2. The Bertz CT molecular complexity index is 750. The first-order chi connectivity index (χ1) is 18.8. The molecular weight excluding hydrogens is 552 g/mol. The Hall–Kier alpha value is -1.62. The largest absolute Gasteiger partial charge is 0.462 e. The van der Waals surface area contributed by atoms with Crippen LogP contribution in [0.3, 0.4) is 0 Å². The van der Waals surface area contributed by atoms with Gasteiger partial charge in [0.15, 0.2) is 23.7 Å². The van der Waals surface area contributed by atoms with Gasteiger partial charge in [-0.15, -0.1) is 0 Å². The third kappa shape index (κ3) is 14.0. The summed E-state index contributed by atoms with van der Waals surface area (Å²) in [7, 11) is 2.76. The van der Waals surface area contributed by atoms with Crippen molar-refractivity contribution < 1.29 is 42.9 Å². The summed E-state index contributed by atoms with van der Waals surface area (Å²) in [5, 5.41) is 0. The van der Waals surface area contributed by atoms with E-state index in [1.807, 2.05) is 0 Å². The van der Waals surface area contributed by atoms with Gasteiger partial charge in [-0.25, -0.2) is 0 Å². The summed E-state index contributed by atoms with van der Waals surface area (Å²) in [5.41, 5.74) is 20.7. The van der Waals surface area contributed by atoms with Crippen molar-refractivity contribution in [2.45, 2.75) is 88.1 Å². The van der Waals surface area contributed by atoms with Crippen LogP contribution in [0.5, 0.6) is 0 Å². The molecule has 5 atom stereocenters. The summed E-state index contributed by atoms with van der Waals surface area (Å²) < 4.78 is 27.6. The number of unbranched alkanes of at least 4 members (excludes halogenated alkanes) is 7. The van der Waals surface area contributed by atoms with E-state index in [2.05, 4.69) is 6.92 Å². The lowest BCUT2D eigenvalue weighted by Crippen LogP contribution is -2.62. The second-order valence-electron chi connectivity index (χ2n) is 8.80. The average molecular weight is 597 g/mol. The number of carbonyl (C=O) groups excluding carboxylic acids is 4. The topological polar surface area (TPSA) is 219 Å². The molecule has 0 aromatic rings. The van der Waals surface area contributed by atoms with Crippen molar-refractivity contribution in [2.75, 3.05) is 38.5 Å². The molecule has 39 heavy (non-hydrogen) atoms. The van der Waals surface area contributed by atoms with Crippen LogP contribution in [0.2, 0.25) is 0 Å². The SMILES string of the molecule is CCCCCCCCCCSSC1OC(COC(=O)CN)C(OC(=O)CN)C(OC(=O)CN)C1OC(=O)CN. The fourth-order valence-corrected chi connectivity index (χ4v) is 6.31. The highest BCUT2D eigenvalue weighted by molar-refractivity contribution is 8.76. The second-order valence-corrected chi connectivity index (χ2v) is 11.4. The van der Waals surface area contributed by atoms with Gasteiger partial charge < -0.3 is 46.6 Å². The number of hydrogen-bond acceptors (Lipinski definition) is 15. The third-order valence-electron chi connectivity index (χ3n) is 5.71. The zero-order valence-electron chi connectivity index (χ0n) is 22.6. The van der Waals surface area contributed by atoms with Crippen LogP contribution in [0.15, 0.2) is 0 Å². The van der Waals surface area contributed by atoms with Crippen LogP contribution < -0.4 is 22.9 Å². The van der Waals surface area contributed by atoms with Crippen molar-refractivity contribution in [2.24, 2.45) is 22.9 Å². The summed E-state index contributed by atoms with van der Waals surface area (Å²) in [4.78, 5) is 48.3. The van der Waals surface area contributed by atoms with E-state index in [9.17, 15) is 19.2 Å². The smallest absolute Gasteiger partial charge is 0.320 e. The van der Waals surface area contributed by atoms with Crippen LogP contribution in [-0.4, -0.2) is 92.3 Å². The normalized spacial score (nSPS) is 22.6. The van der Waals surface area contributed by atoms with E-state index in [0.29, 0.717) is 0 Å². The van der Waals surface area contributed by atoms with Gasteiger partial charge in [-0.2, -0.15) is 0 Å². The van der Waals surface area contributed by atoms with Crippen molar-refractivity contribution in [1.82, 2.24) is 0 Å². The van der Waals surface area contributed by atoms with Gasteiger partial charge in [-0.3, -0.25) is 19.2 Å². The molecule has 13 nitrogen and oxygen atoms in total. The highest BCUT2D eigenvalue weighted by Crippen LogP contribution is 2.39. The van der Waals surface area contributed by atoms with E-state index >= 15 is 0 Å². The number of esters is 4. The fraction of sp³-hybridized carbons (Fsp3) is 0.833. The van der Waals surface area contributed by atoms with Crippen molar-refractivity contribution in [3.63, 3.8) is 0 Å². The molecule has 8 N–H and O–H groups in total. The van der Waals surface area contributed by atoms with Crippen LogP contribution in [0.25, 0.3) is 0 Å². The molecule has 0 bridgehead atoms. The summed E-state index contributed by atoms with van der Waals surface area (Å²) >= 11 is 0. The maximum atomic E-state index is 12.2. The highest BCUT2D eigenvalue weighted by atomic mass is 33.1. The lowest BCUT2D eigenvalue weighted by atomic mass is 9.99. The van der Waals surface area contributed by atoms with Crippen molar-refractivity contribution in [3.8, 4) is 0 Å². The first-order valence-electron chi connectivity index (χ1n) is 13.3. The molecule has 1 aliphatic rings. The van der Waals surface area contributed by atoms with Crippen molar-refractivity contribution in [3.05, 3.63) is 0 Å². The Labute approximate surface area is 237 Å². The van der Waals surface area contributed by atoms with Crippen molar-refractivity contribution in [1.29, 1.82) is 0 Å². The molecule has 5 unspecified atom stereocenters. The minimum absolute atomic E-state index is 0.369. The number of nitrogens with two attached hydrogens (primary N) is 4. The zero-order valence-corrected chi connectivity index (χ0v) is 24.2. The molecule has 0 spiro atoms. The predicted molar refractivity (Wildman–Crippen MR) is 148 cm³/mol. The van der Waals surface area contributed by atoms with Crippen LogP contribution in [0.4, 0.5) is 0 Å². The maximum Gasteiger partial charge on any atom is 0.320 e. The lowest BCUT2D eigenvalue weighted by molar-refractivity contribution is -0.238. The van der Waals surface area contributed by atoms with Gasteiger partial charge in [0.05, 0.1) is 26.2 Å². The first-order valence-corrected chi connectivity index (χ1v) is 15.7. The number of rotatable bonds is 20. The van der Waals surface area contributed by atoms with E-state index in [1.54, 1.807) is 0 Å². The Morgan fingerprint density at radius 1 is 0.667 bits per heavy atom. The molecule has 1 fully saturated rings. The molecule has 15 heteroatoms. The second kappa shape index (κ2) is 21.2. The van der Waals surface area contributed by atoms with Gasteiger partial charge in [0, 0.05) is 5.75 Å². The maximum absolute atomic E-state index is 12.2. The third-order valence-corrected chi connectivity index (χ3v) is 8.35. The molecule has 0 aliphatic carbocycles. The van der Waals surface area contributed by atoms with Gasteiger partial charge in [0.1, 0.15) is 12.7 Å². The summed E-state index contributed by atoms with van der Waals surface area (Å²) in [6, 6.07) is 0. The summed E-state index contributed by atoms with van der Waals surface area (Å²) in [5.74, 6) is -2.39. The number of hydrogen-bond donors (Lipinski definition) is 4. The van der Waals surface area contributed by atoms with E-state index in [0.717, 1.165) is 25.0 Å². The minimum atomic E-state index is -1.33. The average Bonchev–Trinajstić information content (AvgIpc) is 2.94. The Balaban J connectivity index is 3.01. The van der Waals surface area contributed by atoms with E-state index in [1.165, 1.54) is 53.7 Å². The molecule has 1 rings (SSSR count). The highest BCUT2D eigenvalue weighted by Gasteiger charge is 2.52. The van der Waals surface area contributed by atoms with Crippen LogP contribution >= 0.6 is 21.6 Å². The van der Waals surface area contributed by atoms with Gasteiger partial charge in [0.25, 0.3) is 0 Å². The molecule has 0 radical (unpaired) electrons. The van der Waals surface area contributed by atoms with E-state index in [-0.39, 0.29) is 13.2 Å². The van der Waals surface area contributed by atoms with Gasteiger partial charge in [0.2, 0.25) is 0 Å². The molecule has 0 aromatic heterocycles. The summed E-state index contributed by atoms with van der Waals surface area (Å²) in [6.07, 6.45) is 4.49. The molecule has 1 aliphatic heterocycles. The van der Waals surface area contributed by atoms with Gasteiger partial charge >= 0.3 is 23.9 Å². The van der Waals surface area contributed by atoms with Crippen molar-refractivity contribution >= 4 is 45.5 Å². The Morgan fingerprint density at radius 2 is 1.15 bits per heavy atom. The monoisotopic (exact) mass is 596 g/mol. The van der Waals surface area contributed by atoms with Crippen LogP contribution in [0.1, 0.15) is 58.3 Å². The number of carbonyl (C=O) groups is 4. The van der Waals surface area contributed by atoms with E-state index in [4.69, 9.17) is 46.6 Å². The minimum Gasteiger partial charge on any atom is -0.462 e. The van der Waals surface area contributed by atoms with E-state index < -0.39 is 73.4 Å². The summed E-state index contributed by atoms with van der Waals surface area (Å²) in [6.45, 7) is 0.0370. The standard InChI is InChI=1S/C24H44N4O9S2/c1-2-3-4-5-6-7-8-9-10-38-39-24-23(37-20(32)14-28)22(36-19(31)13-27)21(35-18(30)12-26)16(34-24)15-33-17(29)11-25/h16,21-24H,2-15,25-28H2,1H3. The molecule has 1 saturated heterocycles. The molecule has 0 saturated carbocycles. The molecular formula is C24H44N4O9S2. The lowest BCUT2D eigenvalue weighted by Gasteiger charge is -2.44. The van der Waals surface area contributed by atoms with Gasteiger partial charge in [-0.05, 0) is 6.42 Å².